The first kappa shape index (κ1) is 16.9. The van der Waals surface area contributed by atoms with E-state index in [1.54, 1.807) is 24.3 Å². The maximum absolute atomic E-state index is 12.8. The monoisotopic (exact) mass is 334 g/mol. The van der Waals surface area contributed by atoms with Gasteiger partial charge < -0.3 is 10.6 Å². The smallest absolute Gasteiger partial charge is 0.383 e. The zero-order valence-corrected chi connectivity index (χ0v) is 13.2. The van der Waals surface area contributed by atoms with Crippen LogP contribution in [0.3, 0.4) is 0 Å². The molecule has 0 aliphatic heterocycles. The predicted molar refractivity (Wildman–Crippen MR) is 81.1 cm³/mol. The second-order valence-electron chi connectivity index (χ2n) is 6.03. The van der Waals surface area contributed by atoms with Gasteiger partial charge in [0.15, 0.2) is 0 Å². The van der Waals surface area contributed by atoms with Crippen LogP contribution in [-0.2, 0) is 4.79 Å². The molecule has 122 valence electrons. The van der Waals surface area contributed by atoms with Crippen LogP contribution in [-0.4, -0.2) is 23.5 Å². The molecule has 2 N–H and O–H groups in total. The summed E-state index contributed by atoms with van der Waals surface area (Å²) >= 11 is 5.70. The molecule has 1 aliphatic carbocycles. The molecule has 0 radical (unpaired) electrons. The number of carbonyl (C=O) groups is 1. The highest BCUT2D eigenvalue weighted by Gasteiger charge is 2.75. The van der Waals surface area contributed by atoms with Crippen molar-refractivity contribution >= 4 is 28.9 Å². The number of rotatable bonds is 4. The maximum atomic E-state index is 12.8. The third-order valence-electron chi connectivity index (χ3n) is 3.84. The van der Waals surface area contributed by atoms with Gasteiger partial charge >= 0.3 is 6.18 Å². The van der Waals surface area contributed by atoms with Crippen molar-refractivity contribution in [2.75, 3.05) is 10.6 Å². The van der Waals surface area contributed by atoms with Crippen molar-refractivity contribution in [2.45, 2.75) is 38.4 Å². The lowest BCUT2D eigenvalue weighted by Gasteiger charge is -2.14. The van der Waals surface area contributed by atoms with Gasteiger partial charge in [-0.1, -0.05) is 0 Å². The van der Waals surface area contributed by atoms with Crippen molar-refractivity contribution in [1.82, 2.24) is 0 Å². The van der Waals surface area contributed by atoms with Gasteiger partial charge in [0.05, 0.1) is 16.7 Å². The lowest BCUT2D eigenvalue weighted by Crippen LogP contribution is -2.28. The molecule has 0 heterocycles. The van der Waals surface area contributed by atoms with Crippen LogP contribution in [0.4, 0.5) is 24.5 Å². The SMILES string of the molecule is CC(C)Nc1ccc(NC(=O)C2(C)C(Cl)C2C(F)(F)F)cc1. The minimum atomic E-state index is -4.47. The number of carbonyl (C=O) groups excluding carboxylic acids is 1. The van der Waals surface area contributed by atoms with Crippen LogP contribution in [0, 0.1) is 11.3 Å². The lowest BCUT2D eigenvalue weighted by molar-refractivity contribution is -0.159. The van der Waals surface area contributed by atoms with E-state index in [-0.39, 0.29) is 6.04 Å². The van der Waals surface area contributed by atoms with E-state index >= 15 is 0 Å². The van der Waals surface area contributed by atoms with E-state index in [9.17, 15) is 18.0 Å². The molecule has 1 fully saturated rings. The minimum absolute atomic E-state index is 0.260. The largest absolute Gasteiger partial charge is 0.394 e. The number of hydrogen-bond acceptors (Lipinski definition) is 2. The maximum Gasteiger partial charge on any atom is 0.394 e. The zero-order valence-electron chi connectivity index (χ0n) is 12.5. The Bertz CT molecular complexity index is 559. The molecule has 0 saturated heterocycles. The lowest BCUT2D eigenvalue weighted by atomic mass is 10.1. The number of hydrogen-bond donors (Lipinski definition) is 2. The summed E-state index contributed by atoms with van der Waals surface area (Å²) in [5, 5.41) is 4.46. The summed E-state index contributed by atoms with van der Waals surface area (Å²) in [4.78, 5) is 12.1. The molecular formula is C15H18ClF3N2O. The Kier molecular flexibility index (Phi) is 4.35. The number of benzene rings is 1. The normalized spacial score (nSPS) is 27.6. The third kappa shape index (κ3) is 3.16. The van der Waals surface area contributed by atoms with Crippen LogP contribution in [0.15, 0.2) is 24.3 Å². The molecule has 1 aromatic carbocycles. The first-order valence-electron chi connectivity index (χ1n) is 6.95. The van der Waals surface area contributed by atoms with Gasteiger partial charge in [-0.25, -0.2) is 0 Å². The highest BCUT2D eigenvalue weighted by atomic mass is 35.5. The number of anilines is 2. The summed E-state index contributed by atoms with van der Waals surface area (Å²) in [6.07, 6.45) is -4.47. The quantitative estimate of drug-likeness (QED) is 0.808. The predicted octanol–water partition coefficient (Wildman–Crippen LogP) is 4.25. The molecule has 3 nitrogen and oxygen atoms in total. The van der Waals surface area contributed by atoms with E-state index in [1.807, 2.05) is 13.8 Å². The standard InChI is InChI=1S/C15H18ClF3N2O/c1-8(2)20-9-4-6-10(7-5-9)21-13(22)14(3)11(12(14)16)15(17,18)19/h4-8,11-12,20H,1-3H3,(H,21,22). The summed E-state index contributed by atoms with van der Waals surface area (Å²) in [6, 6.07) is 7.05. The van der Waals surface area contributed by atoms with Crippen molar-refractivity contribution in [3.63, 3.8) is 0 Å². The molecule has 1 saturated carbocycles. The average molecular weight is 335 g/mol. The van der Waals surface area contributed by atoms with Crippen molar-refractivity contribution in [1.29, 1.82) is 0 Å². The van der Waals surface area contributed by atoms with Crippen LogP contribution < -0.4 is 10.6 Å². The van der Waals surface area contributed by atoms with E-state index in [2.05, 4.69) is 10.6 Å². The summed E-state index contributed by atoms with van der Waals surface area (Å²) < 4.78 is 38.4. The molecule has 0 aromatic heterocycles. The van der Waals surface area contributed by atoms with E-state index in [0.717, 1.165) is 5.69 Å². The molecule has 7 heteroatoms. The van der Waals surface area contributed by atoms with Crippen molar-refractivity contribution in [2.24, 2.45) is 11.3 Å². The molecule has 0 bridgehead atoms. The van der Waals surface area contributed by atoms with Crippen molar-refractivity contribution in [3.8, 4) is 0 Å². The van der Waals surface area contributed by atoms with Gasteiger partial charge in [-0.3, -0.25) is 4.79 Å². The number of halogens is 4. The van der Waals surface area contributed by atoms with Crippen LogP contribution in [0.5, 0.6) is 0 Å². The fraction of sp³-hybridized carbons (Fsp3) is 0.533. The van der Waals surface area contributed by atoms with Crippen molar-refractivity contribution in [3.05, 3.63) is 24.3 Å². The molecule has 1 aromatic rings. The minimum Gasteiger partial charge on any atom is -0.383 e. The number of amides is 1. The molecule has 1 amide bonds. The topological polar surface area (TPSA) is 41.1 Å². The fourth-order valence-electron chi connectivity index (χ4n) is 2.48. The fourth-order valence-corrected chi connectivity index (χ4v) is 3.05. The summed E-state index contributed by atoms with van der Waals surface area (Å²) in [5.74, 6) is -2.51. The second-order valence-corrected chi connectivity index (χ2v) is 6.50. The second kappa shape index (κ2) is 5.65. The Morgan fingerprint density at radius 2 is 1.73 bits per heavy atom. The Morgan fingerprint density at radius 1 is 1.23 bits per heavy atom. The highest BCUT2D eigenvalue weighted by Crippen LogP contribution is 2.63. The van der Waals surface area contributed by atoms with Gasteiger partial charge in [0.25, 0.3) is 0 Å². The van der Waals surface area contributed by atoms with E-state index in [4.69, 9.17) is 11.6 Å². The van der Waals surface area contributed by atoms with E-state index in [0.29, 0.717) is 5.69 Å². The zero-order chi connectivity index (χ0) is 16.7. The van der Waals surface area contributed by atoms with Gasteiger partial charge in [-0.15, -0.1) is 11.6 Å². The molecule has 2 rings (SSSR count). The first-order valence-corrected chi connectivity index (χ1v) is 7.39. The third-order valence-corrected chi connectivity index (χ3v) is 4.55. The molecule has 22 heavy (non-hydrogen) atoms. The Morgan fingerprint density at radius 3 is 2.14 bits per heavy atom. The summed E-state index contributed by atoms with van der Waals surface area (Å²) in [5.41, 5.74) is -0.305. The van der Waals surface area contributed by atoms with Crippen LogP contribution in [0.1, 0.15) is 20.8 Å². The van der Waals surface area contributed by atoms with Gasteiger partial charge in [0.1, 0.15) is 0 Å². The Hall–Kier alpha value is -1.43. The summed E-state index contributed by atoms with van der Waals surface area (Å²) in [7, 11) is 0. The Balaban J connectivity index is 2.04. The molecule has 3 unspecified atom stereocenters. The molecule has 3 atom stereocenters. The van der Waals surface area contributed by atoms with Crippen molar-refractivity contribution < 1.29 is 18.0 Å². The number of alkyl halides is 4. The van der Waals surface area contributed by atoms with E-state index < -0.39 is 28.8 Å². The van der Waals surface area contributed by atoms with Crippen LogP contribution in [0.25, 0.3) is 0 Å². The molecule has 1 aliphatic rings. The van der Waals surface area contributed by atoms with Gasteiger partial charge in [0, 0.05) is 17.4 Å². The average Bonchev–Trinajstić information content (AvgIpc) is 2.95. The van der Waals surface area contributed by atoms with Gasteiger partial charge in [-0.05, 0) is 45.0 Å². The van der Waals surface area contributed by atoms with E-state index in [1.165, 1.54) is 6.92 Å². The molecular weight excluding hydrogens is 317 g/mol. The van der Waals surface area contributed by atoms with Gasteiger partial charge in [0.2, 0.25) is 5.91 Å². The highest BCUT2D eigenvalue weighted by molar-refractivity contribution is 6.27. The van der Waals surface area contributed by atoms with Crippen LogP contribution >= 0.6 is 11.6 Å². The van der Waals surface area contributed by atoms with Crippen LogP contribution in [0.2, 0.25) is 0 Å². The Labute approximate surface area is 132 Å². The first-order chi connectivity index (χ1) is 10.1. The summed E-state index contributed by atoms with van der Waals surface area (Å²) in [6.45, 7) is 5.22. The number of nitrogens with one attached hydrogen (secondary N) is 2. The molecule has 0 spiro atoms. The van der Waals surface area contributed by atoms with Gasteiger partial charge in [-0.2, -0.15) is 13.2 Å².